The SMILES string of the molecule is CCNC(=O)c1ccn2cc(C)nc2c1. The number of fused-ring (bicyclic) bond motifs is 1. The van der Waals surface area contributed by atoms with Gasteiger partial charge >= 0.3 is 0 Å². The minimum Gasteiger partial charge on any atom is -0.352 e. The number of aryl methyl sites for hydroxylation is 1. The average Bonchev–Trinajstić information content (AvgIpc) is 2.57. The number of nitrogens with one attached hydrogen (secondary N) is 1. The molecule has 2 rings (SSSR count). The van der Waals surface area contributed by atoms with E-state index in [1.807, 2.05) is 30.6 Å². The van der Waals surface area contributed by atoms with Crippen molar-refractivity contribution < 1.29 is 4.79 Å². The van der Waals surface area contributed by atoms with Crippen LogP contribution >= 0.6 is 0 Å². The number of hydrogen-bond acceptors (Lipinski definition) is 2. The second kappa shape index (κ2) is 3.73. The Kier molecular flexibility index (Phi) is 2.41. The van der Waals surface area contributed by atoms with E-state index in [0.29, 0.717) is 12.1 Å². The monoisotopic (exact) mass is 203 g/mol. The first kappa shape index (κ1) is 9.71. The number of pyridine rings is 1. The van der Waals surface area contributed by atoms with Crippen LogP contribution in [0.5, 0.6) is 0 Å². The topological polar surface area (TPSA) is 46.4 Å². The zero-order valence-electron chi connectivity index (χ0n) is 8.82. The molecule has 2 aromatic rings. The lowest BCUT2D eigenvalue weighted by Crippen LogP contribution is -2.22. The third-order valence-corrected chi connectivity index (χ3v) is 2.18. The number of imidazole rings is 1. The smallest absolute Gasteiger partial charge is 0.251 e. The number of carbonyl (C=O) groups is 1. The zero-order valence-corrected chi connectivity index (χ0v) is 8.82. The maximum Gasteiger partial charge on any atom is 0.251 e. The van der Waals surface area contributed by atoms with Crippen LogP contribution in [0.15, 0.2) is 24.5 Å². The molecule has 0 fully saturated rings. The van der Waals surface area contributed by atoms with E-state index < -0.39 is 0 Å². The molecule has 0 saturated heterocycles. The fourth-order valence-electron chi connectivity index (χ4n) is 1.51. The fourth-order valence-corrected chi connectivity index (χ4v) is 1.51. The molecule has 1 amide bonds. The predicted octanol–water partition coefficient (Wildman–Crippen LogP) is 1.39. The standard InChI is InChI=1S/C11H13N3O/c1-3-12-11(15)9-4-5-14-7-8(2)13-10(14)6-9/h4-7H,3H2,1-2H3,(H,12,15). The van der Waals surface area contributed by atoms with E-state index in [2.05, 4.69) is 10.3 Å². The molecule has 2 aromatic heterocycles. The summed E-state index contributed by atoms with van der Waals surface area (Å²) in [5.74, 6) is -0.0550. The summed E-state index contributed by atoms with van der Waals surface area (Å²) in [4.78, 5) is 15.8. The Labute approximate surface area is 87.9 Å². The number of amides is 1. The van der Waals surface area contributed by atoms with Gasteiger partial charge in [-0.2, -0.15) is 0 Å². The lowest BCUT2D eigenvalue weighted by atomic mass is 10.2. The van der Waals surface area contributed by atoms with Crippen LogP contribution in [0.25, 0.3) is 5.65 Å². The summed E-state index contributed by atoms with van der Waals surface area (Å²) in [5, 5.41) is 2.76. The minimum atomic E-state index is -0.0550. The molecule has 0 aliphatic carbocycles. The summed E-state index contributed by atoms with van der Waals surface area (Å²) in [6.07, 6.45) is 3.77. The maximum atomic E-state index is 11.5. The van der Waals surface area contributed by atoms with Crippen LogP contribution in [-0.2, 0) is 0 Å². The Morgan fingerprint density at radius 1 is 1.60 bits per heavy atom. The molecule has 0 aliphatic rings. The Morgan fingerprint density at radius 3 is 3.13 bits per heavy atom. The van der Waals surface area contributed by atoms with Crippen molar-refractivity contribution in [1.82, 2.24) is 14.7 Å². The van der Waals surface area contributed by atoms with Gasteiger partial charge in [0.2, 0.25) is 0 Å². The van der Waals surface area contributed by atoms with E-state index in [-0.39, 0.29) is 5.91 Å². The summed E-state index contributed by atoms with van der Waals surface area (Å²) in [7, 11) is 0. The van der Waals surface area contributed by atoms with Gasteiger partial charge in [0.1, 0.15) is 5.65 Å². The van der Waals surface area contributed by atoms with Crippen LogP contribution in [0.3, 0.4) is 0 Å². The predicted molar refractivity (Wildman–Crippen MR) is 57.9 cm³/mol. The fraction of sp³-hybridized carbons (Fsp3) is 0.273. The van der Waals surface area contributed by atoms with Gasteiger partial charge in [0.25, 0.3) is 5.91 Å². The van der Waals surface area contributed by atoms with Gasteiger partial charge in [0, 0.05) is 24.5 Å². The molecule has 4 nitrogen and oxygen atoms in total. The first-order valence-corrected chi connectivity index (χ1v) is 4.94. The molecule has 15 heavy (non-hydrogen) atoms. The van der Waals surface area contributed by atoms with Crippen molar-refractivity contribution in [2.24, 2.45) is 0 Å². The Balaban J connectivity index is 2.41. The van der Waals surface area contributed by atoms with Gasteiger partial charge in [-0.25, -0.2) is 4.98 Å². The molecule has 0 bridgehead atoms. The van der Waals surface area contributed by atoms with Gasteiger partial charge < -0.3 is 9.72 Å². The number of hydrogen-bond donors (Lipinski definition) is 1. The molecule has 0 aromatic carbocycles. The van der Waals surface area contributed by atoms with Crippen molar-refractivity contribution in [3.05, 3.63) is 35.8 Å². The van der Waals surface area contributed by atoms with Gasteiger partial charge in [0.05, 0.1) is 5.69 Å². The van der Waals surface area contributed by atoms with Gasteiger partial charge in [-0.1, -0.05) is 0 Å². The second-order valence-electron chi connectivity index (χ2n) is 3.42. The van der Waals surface area contributed by atoms with E-state index >= 15 is 0 Å². The van der Waals surface area contributed by atoms with Crippen LogP contribution in [0.4, 0.5) is 0 Å². The Bertz CT molecular complexity index is 502. The lowest BCUT2D eigenvalue weighted by molar-refractivity contribution is 0.0956. The van der Waals surface area contributed by atoms with Crippen molar-refractivity contribution in [2.75, 3.05) is 6.54 Å². The molecular formula is C11H13N3O. The summed E-state index contributed by atoms with van der Waals surface area (Å²) in [5.41, 5.74) is 2.40. The highest BCUT2D eigenvalue weighted by molar-refractivity contribution is 5.94. The highest BCUT2D eigenvalue weighted by atomic mass is 16.1. The normalized spacial score (nSPS) is 10.5. The average molecular weight is 203 g/mol. The maximum absolute atomic E-state index is 11.5. The molecule has 0 atom stereocenters. The molecule has 0 unspecified atom stereocenters. The Morgan fingerprint density at radius 2 is 2.40 bits per heavy atom. The lowest BCUT2D eigenvalue weighted by Gasteiger charge is -2.01. The Hall–Kier alpha value is -1.84. The highest BCUT2D eigenvalue weighted by Crippen LogP contribution is 2.07. The van der Waals surface area contributed by atoms with Gasteiger partial charge in [0.15, 0.2) is 0 Å². The van der Waals surface area contributed by atoms with Gasteiger partial charge in [-0.3, -0.25) is 4.79 Å². The molecule has 2 heterocycles. The van der Waals surface area contributed by atoms with Crippen molar-refractivity contribution in [3.8, 4) is 0 Å². The van der Waals surface area contributed by atoms with Gasteiger partial charge in [-0.05, 0) is 26.0 Å². The molecule has 4 heteroatoms. The van der Waals surface area contributed by atoms with E-state index in [4.69, 9.17) is 0 Å². The first-order chi connectivity index (χ1) is 7.20. The van der Waals surface area contributed by atoms with E-state index in [1.54, 1.807) is 12.1 Å². The zero-order chi connectivity index (χ0) is 10.8. The highest BCUT2D eigenvalue weighted by Gasteiger charge is 2.05. The quantitative estimate of drug-likeness (QED) is 0.801. The number of nitrogens with zero attached hydrogens (tertiary/aromatic N) is 2. The number of aromatic nitrogens is 2. The third-order valence-electron chi connectivity index (χ3n) is 2.18. The summed E-state index contributed by atoms with van der Waals surface area (Å²) < 4.78 is 1.90. The van der Waals surface area contributed by atoms with Crippen molar-refractivity contribution >= 4 is 11.6 Å². The van der Waals surface area contributed by atoms with E-state index in [9.17, 15) is 4.79 Å². The number of rotatable bonds is 2. The molecule has 78 valence electrons. The van der Waals surface area contributed by atoms with Crippen molar-refractivity contribution in [1.29, 1.82) is 0 Å². The molecule has 1 N–H and O–H groups in total. The molecule has 0 spiro atoms. The molecule has 0 radical (unpaired) electrons. The largest absolute Gasteiger partial charge is 0.352 e. The second-order valence-corrected chi connectivity index (χ2v) is 3.42. The van der Waals surface area contributed by atoms with Crippen LogP contribution in [0.2, 0.25) is 0 Å². The minimum absolute atomic E-state index is 0.0550. The molecule has 0 aliphatic heterocycles. The molecule has 0 saturated carbocycles. The molecular weight excluding hydrogens is 190 g/mol. The summed E-state index contributed by atoms with van der Waals surface area (Å²) in [6, 6.07) is 3.58. The van der Waals surface area contributed by atoms with Gasteiger partial charge in [-0.15, -0.1) is 0 Å². The van der Waals surface area contributed by atoms with Crippen molar-refractivity contribution in [3.63, 3.8) is 0 Å². The summed E-state index contributed by atoms with van der Waals surface area (Å²) in [6.45, 7) is 4.46. The van der Waals surface area contributed by atoms with Crippen LogP contribution in [-0.4, -0.2) is 21.8 Å². The summed E-state index contributed by atoms with van der Waals surface area (Å²) >= 11 is 0. The third kappa shape index (κ3) is 1.83. The first-order valence-electron chi connectivity index (χ1n) is 4.94. The van der Waals surface area contributed by atoms with Crippen LogP contribution in [0, 0.1) is 6.92 Å². The number of carbonyl (C=O) groups excluding carboxylic acids is 1. The van der Waals surface area contributed by atoms with Crippen LogP contribution in [0.1, 0.15) is 23.0 Å². The van der Waals surface area contributed by atoms with Crippen molar-refractivity contribution in [2.45, 2.75) is 13.8 Å². The van der Waals surface area contributed by atoms with E-state index in [1.165, 1.54) is 0 Å². The van der Waals surface area contributed by atoms with E-state index in [0.717, 1.165) is 11.3 Å². The van der Waals surface area contributed by atoms with Crippen LogP contribution < -0.4 is 5.32 Å².